The van der Waals surface area contributed by atoms with Gasteiger partial charge in [-0.1, -0.05) is 34.1 Å². The minimum atomic E-state index is -0.335. The highest BCUT2D eigenvalue weighted by molar-refractivity contribution is 9.10. The summed E-state index contributed by atoms with van der Waals surface area (Å²) in [7, 11) is 1.53. The molecule has 3 aromatic rings. The number of aryl methyl sites for hydroxylation is 1. The van der Waals surface area contributed by atoms with Crippen molar-refractivity contribution >= 4 is 28.1 Å². The van der Waals surface area contributed by atoms with E-state index in [1.54, 1.807) is 18.3 Å². The highest BCUT2D eigenvalue weighted by Crippen LogP contribution is 2.22. The third-order valence-electron chi connectivity index (χ3n) is 3.85. The summed E-state index contributed by atoms with van der Waals surface area (Å²) in [5.74, 6) is 0.158. The van der Waals surface area contributed by atoms with E-state index in [9.17, 15) is 4.79 Å². The lowest BCUT2D eigenvalue weighted by Gasteiger charge is -2.07. The standard InChI is InChI=1S/C20H18BrN3O2/c1-14-10-15(13-24(14)17-6-4-3-5-7-17)12-22-23-20(25)18-11-16(21)8-9-19(18)26-2/h3-13H,1-2H3,(H,23,25)/b22-12-. The van der Waals surface area contributed by atoms with Crippen molar-refractivity contribution in [3.05, 3.63) is 82.1 Å². The average Bonchev–Trinajstić information content (AvgIpc) is 3.03. The number of nitrogens with one attached hydrogen (secondary N) is 1. The average molecular weight is 412 g/mol. The van der Waals surface area contributed by atoms with Gasteiger partial charge in [0.25, 0.3) is 5.91 Å². The third kappa shape index (κ3) is 4.03. The quantitative estimate of drug-likeness (QED) is 0.501. The summed E-state index contributed by atoms with van der Waals surface area (Å²) in [6.45, 7) is 2.02. The van der Waals surface area contributed by atoms with Crippen LogP contribution in [0.3, 0.4) is 0 Å². The monoisotopic (exact) mass is 411 g/mol. The maximum atomic E-state index is 12.3. The Kier molecular flexibility index (Phi) is 5.53. The molecule has 6 heteroatoms. The molecule has 5 nitrogen and oxygen atoms in total. The summed E-state index contributed by atoms with van der Waals surface area (Å²) >= 11 is 3.35. The van der Waals surface area contributed by atoms with Crippen LogP contribution in [-0.4, -0.2) is 23.8 Å². The molecule has 0 bridgehead atoms. The van der Waals surface area contributed by atoms with Crippen LogP contribution in [0.25, 0.3) is 5.69 Å². The number of hydrogen-bond donors (Lipinski definition) is 1. The molecule has 0 aliphatic heterocycles. The molecule has 132 valence electrons. The minimum absolute atomic E-state index is 0.335. The molecule has 2 aromatic carbocycles. The molecule has 0 unspecified atom stereocenters. The van der Waals surface area contributed by atoms with E-state index in [0.29, 0.717) is 11.3 Å². The van der Waals surface area contributed by atoms with E-state index in [2.05, 4.69) is 31.0 Å². The maximum Gasteiger partial charge on any atom is 0.275 e. The summed E-state index contributed by atoms with van der Waals surface area (Å²) in [4.78, 5) is 12.3. The van der Waals surface area contributed by atoms with E-state index in [1.807, 2.05) is 55.6 Å². The van der Waals surface area contributed by atoms with Crippen LogP contribution in [0.15, 0.2) is 70.4 Å². The molecule has 0 fully saturated rings. The third-order valence-corrected chi connectivity index (χ3v) is 4.35. The fraction of sp³-hybridized carbons (Fsp3) is 0.100. The number of carbonyl (C=O) groups excluding carboxylic acids is 1. The molecule has 0 aliphatic rings. The fourth-order valence-electron chi connectivity index (χ4n) is 2.62. The summed E-state index contributed by atoms with van der Waals surface area (Å²) in [5, 5.41) is 4.06. The largest absolute Gasteiger partial charge is 0.496 e. The zero-order valence-corrected chi connectivity index (χ0v) is 16.0. The van der Waals surface area contributed by atoms with Crippen molar-refractivity contribution in [2.45, 2.75) is 6.92 Å². The highest BCUT2D eigenvalue weighted by atomic mass is 79.9. The molecule has 1 aromatic heterocycles. The predicted octanol–water partition coefficient (Wildman–Crippen LogP) is 4.32. The number of hydrazone groups is 1. The first-order valence-corrected chi connectivity index (χ1v) is 8.79. The molecule has 0 atom stereocenters. The maximum absolute atomic E-state index is 12.3. The molecule has 1 heterocycles. The number of halogens is 1. The van der Waals surface area contributed by atoms with Gasteiger partial charge in [0, 0.05) is 27.6 Å². The van der Waals surface area contributed by atoms with Crippen molar-refractivity contribution in [1.29, 1.82) is 0 Å². The molecule has 1 amide bonds. The Hall–Kier alpha value is -2.86. The molecule has 0 saturated carbocycles. The molecule has 0 spiro atoms. The van der Waals surface area contributed by atoms with Crippen LogP contribution < -0.4 is 10.2 Å². The Labute approximate surface area is 160 Å². The van der Waals surface area contributed by atoms with Crippen molar-refractivity contribution < 1.29 is 9.53 Å². The van der Waals surface area contributed by atoms with E-state index in [1.165, 1.54) is 7.11 Å². The number of amides is 1. The number of ether oxygens (including phenoxy) is 1. The normalized spacial score (nSPS) is 10.9. The lowest BCUT2D eigenvalue weighted by atomic mass is 10.2. The number of hydrogen-bond acceptors (Lipinski definition) is 3. The first kappa shape index (κ1) is 17.9. The number of rotatable bonds is 5. The SMILES string of the molecule is COc1ccc(Br)cc1C(=O)N/N=C\c1cc(C)n(-c2ccccc2)c1. The smallest absolute Gasteiger partial charge is 0.275 e. The van der Waals surface area contributed by atoms with Crippen LogP contribution in [0.5, 0.6) is 5.75 Å². The van der Waals surface area contributed by atoms with Crippen LogP contribution >= 0.6 is 15.9 Å². The van der Waals surface area contributed by atoms with Crippen molar-refractivity contribution in [3.63, 3.8) is 0 Å². The van der Waals surface area contributed by atoms with Crippen molar-refractivity contribution in [2.75, 3.05) is 7.11 Å². The van der Waals surface area contributed by atoms with Gasteiger partial charge in [-0.15, -0.1) is 0 Å². The molecule has 3 rings (SSSR count). The Morgan fingerprint density at radius 3 is 2.69 bits per heavy atom. The number of methoxy groups -OCH3 is 1. The van der Waals surface area contributed by atoms with Crippen LogP contribution in [-0.2, 0) is 0 Å². The Morgan fingerprint density at radius 1 is 1.19 bits per heavy atom. The minimum Gasteiger partial charge on any atom is -0.496 e. The van der Waals surface area contributed by atoms with Gasteiger partial charge in [-0.3, -0.25) is 4.79 Å². The van der Waals surface area contributed by atoms with Crippen LogP contribution in [0.1, 0.15) is 21.6 Å². The lowest BCUT2D eigenvalue weighted by Crippen LogP contribution is -2.18. The zero-order chi connectivity index (χ0) is 18.5. The summed E-state index contributed by atoms with van der Waals surface area (Å²) in [6, 6.07) is 17.3. The first-order valence-electron chi connectivity index (χ1n) is 8.00. The number of carbonyl (C=O) groups is 1. The van der Waals surface area contributed by atoms with Crippen LogP contribution in [0, 0.1) is 6.92 Å². The number of para-hydroxylation sites is 1. The second-order valence-corrected chi connectivity index (χ2v) is 6.58. The molecular formula is C20H18BrN3O2. The van der Waals surface area contributed by atoms with Gasteiger partial charge < -0.3 is 9.30 Å². The summed E-state index contributed by atoms with van der Waals surface area (Å²) < 4.78 is 8.08. The Bertz CT molecular complexity index is 949. The van der Waals surface area contributed by atoms with Crippen LogP contribution in [0.4, 0.5) is 0 Å². The molecule has 0 aliphatic carbocycles. The van der Waals surface area contributed by atoms with Gasteiger partial charge in [0.1, 0.15) is 5.75 Å². The van der Waals surface area contributed by atoms with Gasteiger partial charge in [0.05, 0.1) is 18.9 Å². The second kappa shape index (κ2) is 8.01. The van der Waals surface area contributed by atoms with E-state index < -0.39 is 0 Å². The van der Waals surface area contributed by atoms with Crippen molar-refractivity contribution in [1.82, 2.24) is 9.99 Å². The highest BCUT2D eigenvalue weighted by Gasteiger charge is 2.12. The predicted molar refractivity (Wildman–Crippen MR) is 106 cm³/mol. The van der Waals surface area contributed by atoms with Gasteiger partial charge in [0.2, 0.25) is 0 Å². The van der Waals surface area contributed by atoms with E-state index in [4.69, 9.17) is 4.74 Å². The summed E-state index contributed by atoms with van der Waals surface area (Å²) in [5.41, 5.74) is 6.01. The fourth-order valence-corrected chi connectivity index (χ4v) is 2.98. The number of aromatic nitrogens is 1. The second-order valence-electron chi connectivity index (χ2n) is 5.66. The zero-order valence-electron chi connectivity index (χ0n) is 14.4. The number of nitrogens with zero attached hydrogens (tertiary/aromatic N) is 2. The van der Waals surface area contributed by atoms with Gasteiger partial charge in [-0.2, -0.15) is 5.10 Å². The Balaban J connectivity index is 1.73. The van der Waals surface area contributed by atoms with E-state index in [0.717, 1.165) is 21.4 Å². The van der Waals surface area contributed by atoms with Gasteiger partial charge in [0.15, 0.2) is 0 Å². The van der Waals surface area contributed by atoms with E-state index >= 15 is 0 Å². The van der Waals surface area contributed by atoms with Gasteiger partial charge >= 0.3 is 0 Å². The topological polar surface area (TPSA) is 55.6 Å². The van der Waals surface area contributed by atoms with Gasteiger partial charge in [-0.25, -0.2) is 5.43 Å². The molecule has 0 saturated heterocycles. The van der Waals surface area contributed by atoms with E-state index in [-0.39, 0.29) is 5.91 Å². The molecular weight excluding hydrogens is 394 g/mol. The molecule has 0 radical (unpaired) electrons. The summed E-state index contributed by atoms with van der Waals surface area (Å²) in [6.07, 6.45) is 3.59. The first-order chi connectivity index (χ1) is 12.6. The van der Waals surface area contributed by atoms with Crippen molar-refractivity contribution in [2.24, 2.45) is 5.10 Å². The van der Waals surface area contributed by atoms with Gasteiger partial charge in [-0.05, 0) is 43.3 Å². The molecule has 1 N–H and O–H groups in total. The van der Waals surface area contributed by atoms with Crippen molar-refractivity contribution in [3.8, 4) is 11.4 Å². The van der Waals surface area contributed by atoms with Crippen LogP contribution in [0.2, 0.25) is 0 Å². The number of benzene rings is 2. The Morgan fingerprint density at radius 2 is 1.96 bits per heavy atom. The molecule has 26 heavy (non-hydrogen) atoms. The lowest BCUT2D eigenvalue weighted by molar-refractivity contribution is 0.0952.